The molecule has 3 aromatic rings. The third kappa shape index (κ3) is 6.06. The van der Waals surface area contributed by atoms with E-state index in [1.54, 1.807) is 18.2 Å². The minimum Gasteiger partial charge on any atom is -0.497 e. The predicted molar refractivity (Wildman–Crippen MR) is 138 cm³/mol. The van der Waals surface area contributed by atoms with E-state index in [9.17, 15) is 28.2 Å². The topological polar surface area (TPSA) is 82.9 Å². The van der Waals surface area contributed by atoms with Gasteiger partial charge in [-0.25, -0.2) is 13.2 Å². The lowest BCUT2D eigenvalue weighted by molar-refractivity contribution is -0.153. The van der Waals surface area contributed by atoms with Crippen LogP contribution in [0.1, 0.15) is 49.3 Å². The van der Waals surface area contributed by atoms with Crippen molar-refractivity contribution in [2.45, 2.75) is 44.6 Å². The van der Waals surface area contributed by atoms with Gasteiger partial charge < -0.3 is 19.8 Å². The Balaban J connectivity index is 1.37. The third-order valence-corrected chi connectivity index (χ3v) is 7.85. The van der Waals surface area contributed by atoms with Crippen LogP contribution in [0.2, 0.25) is 5.02 Å². The molecule has 6 nitrogen and oxygen atoms in total. The SMILES string of the molecule is COc1ccc2ncc(Cl)c(C(O)CCC3(C(=O)O)CCN(CCCc4cc(F)cc(F)c4F)CC3)c2c1. The lowest BCUT2D eigenvalue weighted by Gasteiger charge is -2.39. The Hall–Kier alpha value is -2.88. The first-order valence-electron chi connectivity index (χ1n) is 12.5. The van der Waals surface area contributed by atoms with E-state index in [4.69, 9.17) is 16.3 Å². The molecule has 10 heteroatoms. The van der Waals surface area contributed by atoms with Crippen LogP contribution in [0.4, 0.5) is 13.2 Å². The maximum Gasteiger partial charge on any atom is 0.309 e. The highest BCUT2D eigenvalue weighted by atomic mass is 35.5. The molecule has 0 amide bonds. The molecule has 0 radical (unpaired) electrons. The molecule has 1 aliphatic heterocycles. The van der Waals surface area contributed by atoms with Gasteiger partial charge in [-0.3, -0.25) is 9.78 Å². The fourth-order valence-electron chi connectivity index (χ4n) is 5.25. The summed E-state index contributed by atoms with van der Waals surface area (Å²) >= 11 is 6.40. The molecule has 0 aliphatic carbocycles. The molecule has 2 aromatic carbocycles. The number of piperidine rings is 1. The number of aromatic nitrogens is 1. The summed E-state index contributed by atoms with van der Waals surface area (Å²) < 4.78 is 46.0. The number of ether oxygens (including phenoxy) is 1. The Kier molecular flexibility index (Phi) is 8.80. The van der Waals surface area contributed by atoms with E-state index in [1.165, 1.54) is 13.3 Å². The Morgan fingerprint density at radius 3 is 2.63 bits per heavy atom. The largest absolute Gasteiger partial charge is 0.497 e. The Morgan fingerprint density at radius 1 is 1.21 bits per heavy atom. The standard InChI is InChI=1S/C28H30ClF3N2O4/c1-38-19-4-5-23-20(15-19)25(21(29)16-33-23)24(35)6-7-28(27(36)37)8-11-34(12-9-28)10-2-3-17-13-18(30)14-22(31)26(17)32/h4-5,13-16,24,35H,2-3,6-12H2,1H3,(H,36,37). The summed E-state index contributed by atoms with van der Waals surface area (Å²) in [6.07, 6.45) is 2.38. The molecule has 204 valence electrons. The smallest absolute Gasteiger partial charge is 0.309 e. The van der Waals surface area contributed by atoms with Crippen molar-refractivity contribution in [2.24, 2.45) is 5.41 Å². The van der Waals surface area contributed by atoms with Gasteiger partial charge in [-0.05, 0) is 88.0 Å². The number of pyridine rings is 1. The minimum atomic E-state index is -1.20. The minimum absolute atomic E-state index is 0.00621. The number of halogens is 4. The average molecular weight is 551 g/mol. The van der Waals surface area contributed by atoms with Gasteiger partial charge in [0.1, 0.15) is 11.6 Å². The van der Waals surface area contributed by atoms with Gasteiger partial charge in [0.15, 0.2) is 11.6 Å². The number of aliphatic carboxylic acids is 1. The fraction of sp³-hybridized carbons (Fsp3) is 0.429. The van der Waals surface area contributed by atoms with Crippen LogP contribution in [0.15, 0.2) is 36.5 Å². The molecule has 1 aliphatic rings. The maximum absolute atomic E-state index is 13.9. The van der Waals surface area contributed by atoms with Crippen molar-refractivity contribution in [3.8, 4) is 5.75 Å². The van der Waals surface area contributed by atoms with Crippen molar-refractivity contribution in [2.75, 3.05) is 26.7 Å². The number of aryl methyl sites for hydroxylation is 1. The second-order valence-corrected chi connectivity index (χ2v) is 10.3. The number of methoxy groups -OCH3 is 1. The summed E-state index contributed by atoms with van der Waals surface area (Å²) in [5, 5.41) is 22.1. The van der Waals surface area contributed by atoms with Gasteiger partial charge in [-0.15, -0.1) is 0 Å². The Labute approximate surface area is 224 Å². The van der Waals surface area contributed by atoms with Crippen molar-refractivity contribution in [1.29, 1.82) is 0 Å². The first-order chi connectivity index (χ1) is 18.1. The van der Waals surface area contributed by atoms with Crippen LogP contribution in [0, 0.1) is 22.9 Å². The number of carbonyl (C=O) groups is 1. The molecule has 2 heterocycles. The molecule has 1 atom stereocenters. The summed E-state index contributed by atoms with van der Waals surface area (Å²) in [4.78, 5) is 18.7. The van der Waals surface area contributed by atoms with Crippen LogP contribution in [-0.4, -0.2) is 52.8 Å². The number of hydrogen-bond donors (Lipinski definition) is 2. The zero-order chi connectivity index (χ0) is 27.4. The lowest BCUT2D eigenvalue weighted by Crippen LogP contribution is -2.44. The number of fused-ring (bicyclic) bond motifs is 1. The fourth-order valence-corrected chi connectivity index (χ4v) is 5.53. The summed E-state index contributed by atoms with van der Waals surface area (Å²) in [6, 6.07) is 6.81. The number of hydrogen-bond acceptors (Lipinski definition) is 5. The molecular formula is C28H30ClF3N2O4. The summed E-state index contributed by atoms with van der Waals surface area (Å²) in [7, 11) is 1.54. The van der Waals surface area contributed by atoms with Gasteiger partial charge in [0, 0.05) is 23.2 Å². The van der Waals surface area contributed by atoms with Crippen LogP contribution in [0.3, 0.4) is 0 Å². The van der Waals surface area contributed by atoms with E-state index in [0.717, 1.165) is 6.07 Å². The van der Waals surface area contributed by atoms with Gasteiger partial charge in [0.2, 0.25) is 0 Å². The van der Waals surface area contributed by atoms with E-state index in [2.05, 4.69) is 9.88 Å². The van der Waals surface area contributed by atoms with E-state index in [0.29, 0.717) is 72.2 Å². The van der Waals surface area contributed by atoms with E-state index in [1.807, 2.05) is 0 Å². The molecule has 1 aromatic heterocycles. The zero-order valence-electron chi connectivity index (χ0n) is 21.0. The van der Waals surface area contributed by atoms with Gasteiger partial charge in [0.25, 0.3) is 0 Å². The number of benzene rings is 2. The highest BCUT2D eigenvalue weighted by Gasteiger charge is 2.41. The van der Waals surface area contributed by atoms with Crippen molar-refractivity contribution in [3.05, 3.63) is 70.1 Å². The van der Waals surface area contributed by atoms with Crippen molar-refractivity contribution >= 4 is 28.5 Å². The van der Waals surface area contributed by atoms with E-state index < -0.39 is 34.9 Å². The number of likely N-dealkylation sites (tertiary alicyclic amines) is 1. The van der Waals surface area contributed by atoms with Gasteiger partial charge in [-0.1, -0.05) is 11.6 Å². The van der Waals surface area contributed by atoms with Gasteiger partial charge in [0.05, 0.1) is 29.2 Å². The molecule has 38 heavy (non-hydrogen) atoms. The molecule has 2 N–H and O–H groups in total. The second kappa shape index (κ2) is 11.9. The average Bonchev–Trinajstić information content (AvgIpc) is 2.90. The van der Waals surface area contributed by atoms with Crippen molar-refractivity contribution in [3.63, 3.8) is 0 Å². The molecular weight excluding hydrogens is 521 g/mol. The van der Waals surface area contributed by atoms with E-state index in [-0.39, 0.29) is 24.8 Å². The lowest BCUT2D eigenvalue weighted by atomic mass is 9.74. The van der Waals surface area contributed by atoms with Crippen LogP contribution in [0.5, 0.6) is 5.75 Å². The molecule has 1 fully saturated rings. The number of nitrogens with zero attached hydrogens (tertiary/aromatic N) is 2. The number of aliphatic hydroxyl groups excluding tert-OH is 1. The molecule has 0 bridgehead atoms. The maximum atomic E-state index is 13.9. The highest BCUT2D eigenvalue weighted by molar-refractivity contribution is 6.32. The first kappa shape index (κ1) is 28.1. The number of rotatable bonds is 10. The zero-order valence-corrected chi connectivity index (χ0v) is 21.8. The van der Waals surface area contributed by atoms with Crippen molar-refractivity contribution < 1.29 is 32.9 Å². The predicted octanol–water partition coefficient (Wildman–Crippen LogP) is 5.93. The molecule has 1 unspecified atom stereocenters. The Morgan fingerprint density at radius 2 is 1.95 bits per heavy atom. The molecule has 0 spiro atoms. The molecule has 0 saturated carbocycles. The van der Waals surface area contributed by atoms with Crippen molar-refractivity contribution in [1.82, 2.24) is 9.88 Å². The molecule has 1 saturated heterocycles. The second-order valence-electron chi connectivity index (χ2n) is 9.85. The van der Waals surface area contributed by atoms with Crippen LogP contribution in [-0.2, 0) is 11.2 Å². The normalized spacial score (nSPS) is 16.5. The molecule has 4 rings (SSSR count). The van der Waals surface area contributed by atoms with Crippen LogP contribution >= 0.6 is 11.6 Å². The number of aliphatic hydroxyl groups is 1. The number of carboxylic acid groups (broad SMARTS) is 1. The van der Waals surface area contributed by atoms with E-state index >= 15 is 0 Å². The third-order valence-electron chi connectivity index (χ3n) is 7.55. The van der Waals surface area contributed by atoms with Crippen LogP contribution < -0.4 is 4.74 Å². The summed E-state index contributed by atoms with van der Waals surface area (Å²) in [5.41, 5.74) is 0.136. The quantitative estimate of drug-likeness (QED) is 0.305. The summed E-state index contributed by atoms with van der Waals surface area (Å²) in [5.74, 6) is -3.37. The number of carboxylic acids is 1. The Bertz CT molecular complexity index is 1310. The first-order valence-corrected chi connectivity index (χ1v) is 12.9. The monoisotopic (exact) mass is 550 g/mol. The van der Waals surface area contributed by atoms with Crippen LogP contribution in [0.25, 0.3) is 10.9 Å². The van der Waals surface area contributed by atoms with Gasteiger partial charge >= 0.3 is 5.97 Å². The summed E-state index contributed by atoms with van der Waals surface area (Å²) in [6.45, 7) is 1.58. The van der Waals surface area contributed by atoms with Gasteiger partial charge in [-0.2, -0.15) is 0 Å². The highest BCUT2D eigenvalue weighted by Crippen LogP contribution is 2.41.